The van der Waals surface area contributed by atoms with Crippen molar-refractivity contribution < 1.29 is 35.4 Å². The molecule has 178 valence electrons. The second-order valence-corrected chi connectivity index (χ2v) is 11.7. The third-order valence-corrected chi connectivity index (χ3v) is 10.5. The topological polar surface area (TPSA) is 138 Å². The maximum Gasteiger partial charge on any atom is 0.303 e. The van der Waals surface area contributed by atoms with Crippen LogP contribution >= 0.6 is 0 Å². The second-order valence-electron chi connectivity index (χ2n) is 11.7. The molecule has 31 heavy (non-hydrogen) atoms. The molecule has 0 aliphatic heterocycles. The van der Waals surface area contributed by atoms with E-state index in [1.54, 1.807) is 0 Å². The molecule has 0 spiro atoms. The molecule has 0 saturated heterocycles. The highest BCUT2D eigenvalue weighted by Crippen LogP contribution is 2.69. The van der Waals surface area contributed by atoms with E-state index in [-0.39, 0.29) is 48.3 Å². The highest BCUT2D eigenvalue weighted by molar-refractivity contribution is 5.66. The van der Waals surface area contributed by atoms with E-state index in [9.17, 15) is 30.3 Å². The van der Waals surface area contributed by atoms with Crippen molar-refractivity contribution in [1.82, 2.24) is 0 Å². The lowest BCUT2D eigenvalue weighted by Crippen LogP contribution is -2.69. The zero-order valence-corrected chi connectivity index (χ0v) is 18.9. The van der Waals surface area contributed by atoms with Gasteiger partial charge in [0.1, 0.15) is 0 Å². The smallest absolute Gasteiger partial charge is 0.303 e. The van der Waals surface area contributed by atoms with Crippen LogP contribution in [0, 0.1) is 46.3 Å². The van der Waals surface area contributed by atoms with E-state index in [1.807, 2.05) is 6.92 Å². The van der Waals surface area contributed by atoms with Crippen LogP contribution in [0.4, 0.5) is 0 Å². The molecule has 11 atom stereocenters. The van der Waals surface area contributed by atoms with Crippen LogP contribution in [0.15, 0.2) is 0 Å². The standard InChI is InChI=1S/C24H40O7/c1-12(4-7-20(28)29)15-5-6-16-21-17(10-19(27)22(15,16)2)23(3)13(9-18(21)26)8-14(25)11-24(23,30)31/h12-19,21,25-27,30-31H,4-11H2,1-3H3,(H,28,29). The number of carboxylic acids is 1. The summed E-state index contributed by atoms with van der Waals surface area (Å²) in [5, 5.41) is 64.2. The van der Waals surface area contributed by atoms with Gasteiger partial charge in [0, 0.05) is 18.3 Å². The minimum absolute atomic E-state index is 0.0500. The van der Waals surface area contributed by atoms with Gasteiger partial charge in [-0.1, -0.05) is 20.8 Å². The molecule has 4 aliphatic rings. The number of aliphatic hydroxyl groups excluding tert-OH is 3. The number of aliphatic hydroxyl groups is 5. The van der Waals surface area contributed by atoms with Crippen LogP contribution in [0.2, 0.25) is 0 Å². The largest absolute Gasteiger partial charge is 0.481 e. The first kappa shape index (κ1) is 23.4. The van der Waals surface area contributed by atoms with Gasteiger partial charge in [-0.2, -0.15) is 0 Å². The summed E-state index contributed by atoms with van der Waals surface area (Å²) < 4.78 is 0. The lowest BCUT2D eigenvalue weighted by atomic mass is 9.41. The van der Waals surface area contributed by atoms with Gasteiger partial charge in [0.15, 0.2) is 5.79 Å². The van der Waals surface area contributed by atoms with E-state index in [1.165, 1.54) is 0 Å². The third-order valence-electron chi connectivity index (χ3n) is 10.5. The van der Waals surface area contributed by atoms with Crippen LogP contribution in [0.5, 0.6) is 0 Å². The first-order valence-electron chi connectivity index (χ1n) is 12.0. The zero-order chi connectivity index (χ0) is 22.9. The minimum Gasteiger partial charge on any atom is -0.481 e. The second kappa shape index (κ2) is 7.66. The summed E-state index contributed by atoms with van der Waals surface area (Å²) in [4.78, 5) is 11.1. The Morgan fingerprint density at radius 3 is 2.35 bits per heavy atom. The molecule has 0 heterocycles. The molecule has 11 unspecified atom stereocenters. The van der Waals surface area contributed by atoms with Crippen molar-refractivity contribution in [1.29, 1.82) is 0 Å². The number of hydrogen-bond acceptors (Lipinski definition) is 6. The molecule has 0 aromatic rings. The fourth-order valence-corrected chi connectivity index (χ4v) is 8.84. The minimum atomic E-state index is -2.04. The maximum atomic E-state index is 11.5. The lowest BCUT2D eigenvalue weighted by Gasteiger charge is -2.66. The first-order chi connectivity index (χ1) is 14.3. The Kier molecular flexibility index (Phi) is 5.79. The van der Waals surface area contributed by atoms with Gasteiger partial charge in [0.05, 0.1) is 18.3 Å². The number of carbonyl (C=O) groups is 1. The van der Waals surface area contributed by atoms with Gasteiger partial charge in [0.25, 0.3) is 0 Å². The Bertz CT molecular complexity index is 710. The molecular formula is C24H40O7. The van der Waals surface area contributed by atoms with Crippen LogP contribution in [-0.2, 0) is 4.79 Å². The Morgan fingerprint density at radius 2 is 1.71 bits per heavy atom. The predicted molar refractivity (Wildman–Crippen MR) is 113 cm³/mol. The third kappa shape index (κ3) is 3.30. The summed E-state index contributed by atoms with van der Waals surface area (Å²) in [6, 6.07) is 0. The number of aliphatic carboxylic acids is 1. The summed E-state index contributed by atoms with van der Waals surface area (Å²) in [7, 11) is 0. The average molecular weight is 441 g/mol. The van der Waals surface area contributed by atoms with Crippen molar-refractivity contribution in [2.75, 3.05) is 0 Å². The summed E-state index contributed by atoms with van der Waals surface area (Å²) in [6.07, 6.45) is 1.52. The number of hydrogen-bond donors (Lipinski definition) is 6. The highest BCUT2D eigenvalue weighted by Gasteiger charge is 2.70. The van der Waals surface area contributed by atoms with Crippen LogP contribution in [0.1, 0.15) is 72.1 Å². The van der Waals surface area contributed by atoms with Gasteiger partial charge in [-0.15, -0.1) is 0 Å². The van der Waals surface area contributed by atoms with Crippen LogP contribution in [-0.4, -0.2) is 60.7 Å². The van der Waals surface area contributed by atoms with Crippen LogP contribution in [0.25, 0.3) is 0 Å². The van der Waals surface area contributed by atoms with Crippen molar-refractivity contribution >= 4 is 5.97 Å². The normalized spacial score (nSPS) is 52.0. The van der Waals surface area contributed by atoms with Gasteiger partial charge in [0.2, 0.25) is 0 Å². The molecule has 7 heteroatoms. The molecule has 7 nitrogen and oxygen atoms in total. The summed E-state index contributed by atoms with van der Waals surface area (Å²) >= 11 is 0. The van der Waals surface area contributed by atoms with E-state index in [0.29, 0.717) is 25.7 Å². The Balaban J connectivity index is 1.67. The number of rotatable bonds is 4. The van der Waals surface area contributed by atoms with Crippen LogP contribution < -0.4 is 0 Å². The van der Waals surface area contributed by atoms with E-state index < -0.39 is 40.9 Å². The fraction of sp³-hybridized carbons (Fsp3) is 0.958. The summed E-state index contributed by atoms with van der Waals surface area (Å²) in [6.45, 7) is 6.05. The highest BCUT2D eigenvalue weighted by atomic mass is 16.5. The molecule has 0 aromatic carbocycles. The number of fused-ring (bicyclic) bond motifs is 5. The van der Waals surface area contributed by atoms with Crippen LogP contribution in [0.3, 0.4) is 0 Å². The molecule has 0 aromatic heterocycles. The molecular weight excluding hydrogens is 400 g/mol. The number of carboxylic acid groups (broad SMARTS) is 1. The Morgan fingerprint density at radius 1 is 1.03 bits per heavy atom. The monoisotopic (exact) mass is 440 g/mol. The predicted octanol–water partition coefficient (Wildman–Crippen LogP) is 1.74. The molecule has 4 saturated carbocycles. The zero-order valence-electron chi connectivity index (χ0n) is 18.9. The molecule has 4 aliphatic carbocycles. The van der Waals surface area contributed by atoms with Crippen molar-refractivity contribution in [2.45, 2.75) is 96.2 Å². The maximum absolute atomic E-state index is 11.5. The molecule has 6 N–H and O–H groups in total. The lowest BCUT2D eigenvalue weighted by molar-refractivity contribution is -0.339. The van der Waals surface area contributed by atoms with E-state index in [2.05, 4.69) is 13.8 Å². The summed E-state index contributed by atoms with van der Waals surface area (Å²) in [5.41, 5.74) is -1.32. The molecule has 0 amide bonds. The van der Waals surface area contributed by atoms with Gasteiger partial charge in [-0.3, -0.25) is 4.79 Å². The van der Waals surface area contributed by atoms with E-state index in [4.69, 9.17) is 5.11 Å². The van der Waals surface area contributed by atoms with Gasteiger partial charge < -0.3 is 30.6 Å². The first-order valence-corrected chi connectivity index (χ1v) is 12.0. The Labute approximate surface area is 184 Å². The Hall–Kier alpha value is -0.730. The molecule has 0 bridgehead atoms. The quantitative estimate of drug-likeness (QED) is 0.366. The van der Waals surface area contributed by atoms with Crippen molar-refractivity contribution in [2.24, 2.45) is 46.3 Å². The van der Waals surface area contributed by atoms with Gasteiger partial charge in [-0.05, 0) is 79.4 Å². The van der Waals surface area contributed by atoms with Crippen molar-refractivity contribution in [3.05, 3.63) is 0 Å². The van der Waals surface area contributed by atoms with Crippen molar-refractivity contribution in [3.63, 3.8) is 0 Å². The molecule has 4 rings (SSSR count). The molecule has 4 fully saturated rings. The van der Waals surface area contributed by atoms with Crippen molar-refractivity contribution in [3.8, 4) is 0 Å². The fourth-order valence-electron chi connectivity index (χ4n) is 8.84. The van der Waals surface area contributed by atoms with E-state index in [0.717, 1.165) is 12.8 Å². The average Bonchev–Trinajstić information content (AvgIpc) is 3.01. The SMILES string of the molecule is CC(CCC(=O)O)C1CCC2C3C(O)CC4CC(O)CC(O)(O)C4(C)C3CC(O)C12C. The van der Waals surface area contributed by atoms with Gasteiger partial charge >= 0.3 is 5.97 Å². The summed E-state index contributed by atoms with van der Waals surface area (Å²) in [5.74, 6) is -3.07. The van der Waals surface area contributed by atoms with Gasteiger partial charge in [-0.25, -0.2) is 0 Å². The molecule has 0 radical (unpaired) electrons. The van der Waals surface area contributed by atoms with E-state index >= 15 is 0 Å².